The van der Waals surface area contributed by atoms with E-state index < -0.39 is 0 Å². The molecule has 1 unspecified atom stereocenters. The number of nitrogens with zero attached hydrogens (tertiary/aromatic N) is 1. The van der Waals surface area contributed by atoms with Gasteiger partial charge in [-0.3, -0.25) is 5.10 Å². The van der Waals surface area contributed by atoms with E-state index in [4.69, 9.17) is 22.1 Å². The summed E-state index contributed by atoms with van der Waals surface area (Å²) in [6.45, 7) is 1.12. The highest BCUT2D eigenvalue weighted by molar-refractivity contribution is 6.34. The van der Waals surface area contributed by atoms with Crippen LogP contribution >= 0.6 is 0 Å². The van der Waals surface area contributed by atoms with Crippen molar-refractivity contribution in [3.8, 4) is 5.75 Å². The quantitative estimate of drug-likeness (QED) is 0.694. The third-order valence-corrected chi connectivity index (χ3v) is 5.19. The summed E-state index contributed by atoms with van der Waals surface area (Å²) < 4.78 is 17.9. The molecule has 2 radical (unpaired) electrons. The molecule has 2 aliphatic rings. The van der Waals surface area contributed by atoms with Crippen molar-refractivity contribution in [3.05, 3.63) is 47.7 Å². The minimum absolute atomic E-state index is 0.129. The van der Waals surface area contributed by atoms with Crippen LogP contribution in [0.15, 0.2) is 36.5 Å². The fourth-order valence-corrected chi connectivity index (χ4v) is 4.09. The Labute approximate surface area is 152 Å². The topological polar surface area (TPSA) is 68.4 Å². The van der Waals surface area contributed by atoms with Crippen molar-refractivity contribution in [2.24, 2.45) is 0 Å². The molecule has 6 nitrogen and oxygen atoms in total. The second-order valence-electron chi connectivity index (χ2n) is 6.58. The van der Waals surface area contributed by atoms with Gasteiger partial charge in [0.05, 0.1) is 38.1 Å². The van der Waals surface area contributed by atoms with E-state index in [1.54, 1.807) is 7.11 Å². The van der Waals surface area contributed by atoms with Crippen molar-refractivity contribution < 1.29 is 14.2 Å². The van der Waals surface area contributed by atoms with Gasteiger partial charge in [0.15, 0.2) is 0 Å². The molecule has 3 atom stereocenters. The Balaban J connectivity index is 1.68. The Kier molecular flexibility index (Phi) is 3.65. The van der Waals surface area contributed by atoms with Gasteiger partial charge in [0.1, 0.15) is 25.8 Å². The third kappa shape index (κ3) is 2.24. The first-order valence-corrected chi connectivity index (χ1v) is 8.66. The van der Waals surface area contributed by atoms with E-state index in [1.165, 1.54) is 0 Å². The number of aromatic nitrogens is 2. The lowest BCUT2D eigenvalue weighted by Gasteiger charge is -2.43. The summed E-state index contributed by atoms with van der Waals surface area (Å²) in [5.41, 5.74) is 4.65. The van der Waals surface area contributed by atoms with E-state index in [0.29, 0.717) is 24.4 Å². The molecule has 3 heterocycles. The van der Waals surface area contributed by atoms with Crippen molar-refractivity contribution in [2.75, 3.05) is 25.6 Å². The number of hydrogen-bond donors (Lipinski definition) is 2. The fraction of sp³-hybridized carbons (Fsp3) is 0.316. The second-order valence-corrected chi connectivity index (χ2v) is 6.58. The first kappa shape index (κ1) is 15.7. The maximum atomic E-state index is 6.16. The number of rotatable bonds is 2. The van der Waals surface area contributed by atoms with E-state index in [0.717, 1.165) is 27.7 Å². The van der Waals surface area contributed by atoms with Crippen LogP contribution in [0.25, 0.3) is 10.9 Å². The maximum Gasteiger partial charge on any atom is 0.119 e. The first-order valence-electron chi connectivity index (χ1n) is 8.66. The second kappa shape index (κ2) is 6.04. The molecule has 7 heteroatoms. The Bertz CT molecular complexity index is 974. The molecule has 0 bridgehead atoms. The Hall–Kier alpha value is -2.51. The number of anilines is 1. The Morgan fingerprint density at radius 3 is 2.96 bits per heavy atom. The third-order valence-electron chi connectivity index (χ3n) is 5.19. The standard InChI is InChI=1S/C19H18BN3O3/c1-24-17-10(3-2-4-12(17)20)16-19-18(25-7-8-26-19)15-11-9-21-23-13(11)5-6-14(15)22-16/h2-6,9,16,18-19,22H,7-8H2,1H3,(H,21,23)/t16-,18?,19-/m0/s1. The molecule has 0 saturated carbocycles. The molecule has 0 spiro atoms. The van der Waals surface area contributed by atoms with Gasteiger partial charge in [0.2, 0.25) is 0 Å². The van der Waals surface area contributed by atoms with Crippen LogP contribution in [0.1, 0.15) is 23.3 Å². The summed E-state index contributed by atoms with van der Waals surface area (Å²) >= 11 is 0. The van der Waals surface area contributed by atoms with E-state index in [1.807, 2.05) is 30.5 Å². The smallest absolute Gasteiger partial charge is 0.119 e. The van der Waals surface area contributed by atoms with Crippen LogP contribution in [0.3, 0.4) is 0 Å². The van der Waals surface area contributed by atoms with Crippen LogP contribution in [0, 0.1) is 0 Å². The lowest BCUT2D eigenvalue weighted by atomic mass is 9.83. The van der Waals surface area contributed by atoms with Gasteiger partial charge in [-0.15, -0.1) is 0 Å². The molecule has 130 valence electrons. The summed E-state index contributed by atoms with van der Waals surface area (Å²) in [4.78, 5) is 0. The zero-order chi connectivity index (χ0) is 17.7. The van der Waals surface area contributed by atoms with Crippen LogP contribution in [-0.4, -0.2) is 44.5 Å². The van der Waals surface area contributed by atoms with Gasteiger partial charge in [-0.2, -0.15) is 5.10 Å². The molecule has 26 heavy (non-hydrogen) atoms. The zero-order valence-corrected chi connectivity index (χ0v) is 14.4. The van der Waals surface area contributed by atoms with E-state index >= 15 is 0 Å². The van der Waals surface area contributed by atoms with Crippen LogP contribution < -0.4 is 15.5 Å². The summed E-state index contributed by atoms with van der Waals surface area (Å²) in [6, 6.07) is 9.73. The monoisotopic (exact) mass is 347 g/mol. The average Bonchev–Trinajstić information content (AvgIpc) is 3.15. The summed E-state index contributed by atoms with van der Waals surface area (Å²) in [7, 11) is 7.76. The highest BCUT2D eigenvalue weighted by Crippen LogP contribution is 2.47. The van der Waals surface area contributed by atoms with Crippen LogP contribution in [0.4, 0.5) is 5.69 Å². The number of hydrogen-bond acceptors (Lipinski definition) is 5. The molecular formula is C19H18BN3O3. The van der Waals surface area contributed by atoms with Crippen molar-refractivity contribution in [1.82, 2.24) is 10.2 Å². The van der Waals surface area contributed by atoms with Crippen LogP contribution in [-0.2, 0) is 9.47 Å². The number of nitrogens with one attached hydrogen (secondary N) is 2. The molecular weight excluding hydrogens is 329 g/mol. The SMILES string of the molecule is [B]c1cccc([C@@H]2Nc3ccc4[nH]ncc4c3C3OCCO[C@H]32)c1OC. The predicted octanol–water partition coefficient (Wildman–Crippen LogP) is 1.99. The number of methoxy groups -OCH3 is 1. The van der Waals surface area contributed by atoms with Gasteiger partial charge in [-0.1, -0.05) is 23.7 Å². The highest BCUT2D eigenvalue weighted by Gasteiger charge is 2.43. The Morgan fingerprint density at radius 2 is 2.08 bits per heavy atom. The number of para-hydroxylation sites is 1. The van der Waals surface area contributed by atoms with E-state index in [2.05, 4.69) is 21.6 Å². The molecule has 2 N–H and O–H groups in total. The van der Waals surface area contributed by atoms with Gasteiger partial charge in [-0.25, -0.2) is 0 Å². The van der Waals surface area contributed by atoms with E-state index in [9.17, 15) is 0 Å². The molecule has 2 aromatic carbocycles. The van der Waals surface area contributed by atoms with Crippen molar-refractivity contribution in [3.63, 3.8) is 0 Å². The highest BCUT2D eigenvalue weighted by atomic mass is 16.6. The number of fused-ring (bicyclic) bond motifs is 5. The van der Waals surface area contributed by atoms with Gasteiger partial charge in [0.25, 0.3) is 0 Å². The molecule has 0 aliphatic carbocycles. The van der Waals surface area contributed by atoms with Gasteiger partial charge < -0.3 is 19.5 Å². The minimum Gasteiger partial charge on any atom is -0.497 e. The zero-order valence-electron chi connectivity index (χ0n) is 14.4. The summed E-state index contributed by atoms with van der Waals surface area (Å²) in [5, 5.41) is 11.9. The number of aromatic amines is 1. The van der Waals surface area contributed by atoms with Gasteiger partial charge in [-0.05, 0) is 12.1 Å². The molecule has 3 aromatic rings. The molecule has 0 amide bonds. The number of benzene rings is 2. The molecule has 1 aromatic heterocycles. The largest absolute Gasteiger partial charge is 0.497 e. The Morgan fingerprint density at radius 1 is 1.19 bits per heavy atom. The van der Waals surface area contributed by atoms with Gasteiger partial charge in [0, 0.05) is 22.2 Å². The lowest BCUT2D eigenvalue weighted by molar-refractivity contribution is -0.150. The molecule has 5 rings (SSSR count). The van der Waals surface area contributed by atoms with Crippen molar-refractivity contribution in [1.29, 1.82) is 0 Å². The summed E-state index contributed by atoms with van der Waals surface area (Å²) in [5.74, 6) is 0.672. The van der Waals surface area contributed by atoms with Crippen molar-refractivity contribution >= 4 is 29.9 Å². The maximum absolute atomic E-state index is 6.16. The fourth-order valence-electron chi connectivity index (χ4n) is 4.09. The van der Waals surface area contributed by atoms with Crippen molar-refractivity contribution in [2.45, 2.75) is 18.2 Å². The number of ether oxygens (including phenoxy) is 3. The van der Waals surface area contributed by atoms with E-state index in [-0.39, 0.29) is 18.2 Å². The average molecular weight is 347 g/mol. The number of H-pyrrole nitrogens is 1. The predicted molar refractivity (Wildman–Crippen MR) is 99.3 cm³/mol. The molecule has 2 aliphatic heterocycles. The normalized spacial score (nSPS) is 24.6. The minimum atomic E-state index is -0.188. The van der Waals surface area contributed by atoms with Gasteiger partial charge >= 0.3 is 0 Å². The van der Waals surface area contributed by atoms with Crippen LogP contribution in [0.5, 0.6) is 5.75 Å². The first-order chi connectivity index (χ1) is 12.8. The summed E-state index contributed by atoms with van der Waals surface area (Å²) in [6.07, 6.45) is 1.47. The lowest BCUT2D eigenvalue weighted by Crippen LogP contribution is -2.43. The molecule has 1 saturated heterocycles. The van der Waals surface area contributed by atoms with Crippen LogP contribution in [0.2, 0.25) is 0 Å². The molecule has 1 fully saturated rings.